The monoisotopic (exact) mass is 340 g/mol. The highest BCUT2D eigenvalue weighted by Gasteiger charge is 2.28. The molecule has 1 aliphatic heterocycles. The van der Waals surface area contributed by atoms with Crippen molar-refractivity contribution < 1.29 is 9.90 Å². The lowest BCUT2D eigenvalue weighted by Gasteiger charge is -2.16. The third kappa shape index (κ3) is 4.02. The number of carbonyl (C=O) groups excluding carboxylic acids is 1. The van der Waals surface area contributed by atoms with Gasteiger partial charge in [0.25, 0.3) is 0 Å². The van der Waals surface area contributed by atoms with E-state index in [1.165, 1.54) is 5.56 Å². The van der Waals surface area contributed by atoms with Crippen molar-refractivity contribution in [1.29, 1.82) is 0 Å². The molecule has 0 saturated carbocycles. The molecule has 0 bridgehead atoms. The van der Waals surface area contributed by atoms with E-state index in [-0.39, 0.29) is 11.9 Å². The molecule has 0 radical (unpaired) electrons. The van der Waals surface area contributed by atoms with Gasteiger partial charge in [-0.25, -0.2) is 0 Å². The number of Topliss-reactive ketones (excluding diaryl/α,β-unsaturated/α-hetero) is 1. The maximum absolute atomic E-state index is 12.8. The van der Waals surface area contributed by atoms with Crippen molar-refractivity contribution in [2.24, 2.45) is 5.92 Å². The number of aryl methyl sites for hydroxylation is 1. The Bertz CT molecular complexity index is 734. The van der Waals surface area contributed by atoms with Gasteiger partial charge in [-0.2, -0.15) is 0 Å². The molecule has 1 saturated heterocycles. The molecule has 0 amide bonds. The molecule has 1 aromatic heterocycles. The number of carbonyl (C=O) groups is 1. The van der Waals surface area contributed by atoms with E-state index in [1.807, 2.05) is 38.1 Å². The summed E-state index contributed by atoms with van der Waals surface area (Å²) in [7, 11) is 0. The Kier molecular flexibility index (Phi) is 5.40. The van der Waals surface area contributed by atoms with E-state index in [0.29, 0.717) is 12.5 Å². The van der Waals surface area contributed by atoms with Crippen LogP contribution in [0.3, 0.4) is 0 Å². The van der Waals surface area contributed by atoms with E-state index >= 15 is 0 Å². The van der Waals surface area contributed by atoms with Crippen molar-refractivity contribution in [3.8, 4) is 0 Å². The summed E-state index contributed by atoms with van der Waals surface area (Å²) >= 11 is 0. The molecule has 1 fully saturated rings. The molecule has 1 aromatic carbocycles. The molecule has 0 aliphatic carbocycles. The topological polar surface area (TPSA) is 45.5 Å². The van der Waals surface area contributed by atoms with E-state index < -0.39 is 0 Å². The third-order valence-corrected chi connectivity index (χ3v) is 5.42. The molecule has 3 rings (SSSR count). The van der Waals surface area contributed by atoms with Crippen LogP contribution in [0.5, 0.6) is 0 Å². The lowest BCUT2D eigenvalue weighted by atomic mass is 10.0. The lowest BCUT2D eigenvalue weighted by Crippen LogP contribution is -2.29. The maximum Gasteiger partial charge on any atom is 0.178 e. The van der Waals surface area contributed by atoms with Crippen LogP contribution in [0.1, 0.15) is 40.7 Å². The molecule has 0 spiro atoms. The summed E-state index contributed by atoms with van der Waals surface area (Å²) in [5.74, 6) is 0.469. The summed E-state index contributed by atoms with van der Waals surface area (Å²) in [6, 6.07) is 12.3. The van der Waals surface area contributed by atoms with Gasteiger partial charge in [0.05, 0.1) is 12.6 Å². The highest BCUT2D eigenvalue weighted by Crippen LogP contribution is 2.22. The minimum Gasteiger partial charge on any atom is -0.393 e. The van der Waals surface area contributed by atoms with E-state index in [2.05, 4.69) is 28.5 Å². The first-order valence-corrected chi connectivity index (χ1v) is 9.10. The summed E-state index contributed by atoms with van der Waals surface area (Å²) in [5.41, 5.74) is 4.22. The van der Waals surface area contributed by atoms with Crippen LogP contribution in [-0.2, 0) is 6.54 Å². The van der Waals surface area contributed by atoms with Crippen LogP contribution in [0.15, 0.2) is 36.4 Å². The maximum atomic E-state index is 12.8. The number of benzene rings is 1. The zero-order valence-electron chi connectivity index (χ0n) is 15.4. The van der Waals surface area contributed by atoms with Gasteiger partial charge in [0.2, 0.25) is 0 Å². The summed E-state index contributed by atoms with van der Waals surface area (Å²) in [5, 5.41) is 9.73. The fraction of sp³-hybridized carbons (Fsp3) is 0.476. The minimum absolute atomic E-state index is 0.179. The van der Waals surface area contributed by atoms with Gasteiger partial charge >= 0.3 is 0 Å². The van der Waals surface area contributed by atoms with Crippen molar-refractivity contribution in [2.75, 3.05) is 19.6 Å². The van der Waals surface area contributed by atoms with E-state index in [9.17, 15) is 9.90 Å². The summed E-state index contributed by atoms with van der Waals surface area (Å²) in [6.45, 7) is 8.87. The molecular formula is C21H28N2O2. The smallest absolute Gasteiger partial charge is 0.178 e. The fourth-order valence-electron chi connectivity index (χ4n) is 3.78. The molecule has 2 atom stereocenters. The first-order chi connectivity index (χ1) is 12.0. The molecule has 134 valence electrons. The van der Waals surface area contributed by atoms with Crippen molar-refractivity contribution in [1.82, 2.24) is 9.47 Å². The number of aliphatic hydroxyl groups excluding tert-OH is 1. The molecule has 2 unspecified atom stereocenters. The molecule has 1 aliphatic rings. The van der Waals surface area contributed by atoms with Gasteiger partial charge in [-0.3, -0.25) is 9.69 Å². The van der Waals surface area contributed by atoms with Crippen LogP contribution in [0.2, 0.25) is 0 Å². The summed E-state index contributed by atoms with van der Waals surface area (Å²) in [4.78, 5) is 15.0. The summed E-state index contributed by atoms with van der Waals surface area (Å²) in [6.07, 6.45) is 0.675. The Morgan fingerprint density at radius 3 is 2.64 bits per heavy atom. The standard InChI is InChI=1S/C21H28N2O2/c1-15-11-20(16(2)23(15)12-18-7-5-4-6-8-18)21(25)14-22-10-9-19(13-22)17(3)24/h4-8,11,17,19,24H,9-10,12-14H2,1-3H3. The number of nitrogens with zero attached hydrogens (tertiary/aromatic N) is 2. The normalized spacial score (nSPS) is 19.3. The number of hydrogen-bond donors (Lipinski definition) is 1. The first-order valence-electron chi connectivity index (χ1n) is 9.10. The van der Waals surface area contributed by atoms with Crippen molar-refractivity contribution >= 4 is 5.78 Å². The highest BCUT2D eigenvalue weighted by atomic mass is 16.3. The number of hydrogen-bond acceptors (Lipinski definition) is 3. The number of aliphatic hydroxyl groups is 1. The Balaban J connectivity index is 1.70. The van der Waals surface area contributed by atoms with E-state index in [1.54, 1.807) is 0 Å². The fourth-order valence-corrected chi connectivity index (χ4v) is 3.78. The van der Waals surface area contributed by atoms with Crippen LogP contribution >= 0.6 is 0 Å². The lowest BCUT2D eigenvalue weighted by molar-refractivity contribution is 0.0925. The SMILES string of the molecule is Cc1cc(C(=O)CN2CCC(C(C)O)C2)c(C)n1Cc1ccccc1. The molecule has 25 heavy (non-hydrogen) atoms. The van der Waals surface area contributed by atoms with Gasteiger partial charge < -0.3 is 9.67 Å². The predicted molar refractivity (Wildman–Crippen MR) is 100 cm³/mol. The molecule has 2 aromatic rings. The van der Waals surface area contributed by atoms with Gasteiger partial charge in [0, 0.05) is 30.0 Å². The Morgan fingerprint density at radius 1 is 1.28 bits per heavy atom. The Morgan fingerprint density at radius 2 is 2.00 bits per heavy atom. The van der Waals surface area contributed by atoms with Crippen LogP contribution in [0.25, 0.3) is 0 Å². The van der Waals surface area contributed by atoms with Gasteiger partial charge in [0.1, 0.15) is 0 Å². The molecule has 4 nitrogen and oxygen atoms in total. The Hall–Kier alpha value is -1.91. The van der Waals surface area contributed by atoms with Crippen molar-refractivity contribution in [3.63, 3.8) is 0 Å². The average molecular weight is 340 g/mol. The zero-order chi connectivity index (χ0) is 18.0. The highest BCUT2D eigenvalue weighted by molar-refractivity contribution is 5.99. The molecule has 2 heterocycles. The van der Waals surface area contributed by atoms with Crippen molar-refractivity contribution in [3.05, 3.63) is 58.9 Å². The van der Waals surface area contributed by atoms with Crippen LogP contribution in [-0.4, -0.2) is 46.1 Å². The van der Waals surface area contributed by atoms with Crippen molar-refractivity contribution in [2.45, 2.75) is 39.8 Å². The third-order valence-electron chi connectivity index (χ3n) is 5.42. The molecule has 4 heteroatoms. The van der Waals surface area contributed by atoms with Gasteiger partial charge in [-0.15, -0.1) is 0 Å². The number of rotatable bonds is 6. The van der Waals surface area contributed by atoms with Gasteiger partial charge in [-0.1, -0.05) is 30.3 Å². The van der Waals surface area contributed by atoms with Crippen LogP contribution in [0, 0.1) is 19.8 Å². The van der Waals surface area contributed by atoms with Crippen LogP contribution in [0.4, 0.5) is 0 Å². The Labute approximate surface area is 150 Å². The van der Waals surface area contributed by atoms with E-state index in [4.69, 9.17) is 0 Å². The van der Waals surface area contributed by atoms with Crippen LogP contribution < -0.4 is 0 Å². The first kappa shape index (κ1) is 17.9. The second kappa shape index (κ2) is 7.54. The van der Waals surface area contributed by atoms with E-state index in [0.717, 1.165) is 43.0 Å². The quantitative estimate of drug-likeness (QED) is 0.822. The largest absolute Gasteiger partial charge is 0.393 e. The second-order valence-electron chi connectivity index (χ2n) is 7.30. The minimum atomic E-state index is -0.295. The number of ketones is 1. The summed E-state index contributed by atoms with van der Waals surface area (Å²) < 4.78 is 2.21. The second-order valence-corrected chi connectivity index (χ2v) is 7.30. The average Bonchev–Trinajstić information content (AvgIpc) is 3.16. The number of aromatic nitrogens is 1. The molecular weight excluding hydrogens is 312 g/mol. The van der Waals surface area contributed by atoms with Gasteiger partial charge in [0.15, 0.2) is 5.78 Å². The zero-order valence-corrected chi connectivity index (χ0v) is 15.4. The molecule has 1 N–H and O–H groups in total. The number of likely N-dealkylation sites (tertiary alicyclic amines) is 1. The van der Waals surface area contributed by atoms with Gasteiger partial charge in [-0.05, 0) is 51.3 Å². The predicted octanol–water partition coefficient (Wildman–Crippen LogP) is 3.04.